The maximum atomic E-state index is 11.9. The topological polar surface area (TPSA) is 75.6 Å². The van der Waals surface area contributed by atoms with E-state index < -0.39 is 18.0 Å². The van der Waals surface area contributed by atoms with Crippen molar-refractivity contribution in [2.45, 2.75) is 18.9 Å². The maximum Gasteiger partial charge on any atom is 0.337 e. The molecule has 0 aliphatic carbocycles. The second-order valence-corrected chi connectivity index (χ2v) is 4.95. The molecule has 1 amide bonds. The second-order valence-electron chi connectivity index (χ2n) is 4.11. The van der Waals surface area contributed by atoms with Crippen molar-refractivity contribution in [2.24, 2.45) is 0 Å². The van der Waals surface area contributed by atoms with Crippen LogP contribution in [0, 0.1) is 0 Å². The minimum atomic E-state index is -1.22. The molecular formula is C12H11Cl2NO4. The first-order valence-corrected chi connectivity index (χ1v) is 6.39. The number of carboxylic acid groups (broad SMARTS) is 1. The number of hydrogen-bond donors (Lipinski definition) is 2. The highest BCUT2D eigenvalue weighted by molar-refractivity contribution is 6.37. The third-order valence-electron chi connectivity index (χ3n) is 2.76. The zero-order valence-electron chi connectivity index (χ0n) is 9.78. The number of carbonyl (C=O) groups is 2. The van der Waals surface area contributed by atoms with Crippen LogP contribution in [-0.4, -0.2) is 29.7 Å². The second kappa shape index (κ2) is 5.77. The molecule has 0 unspecified atom stereocenters. The fraction of sp³-hybridized carbons (Fsp3) is 0.333. The summed E-state index contributed by atoms with van der Waals surface area (Å²) in [7, 11) is 0. The van der Waals surface area contributed by atoms with Gasteiger partial charge < -0.3 is 15.2 Å². The molecule has 19 heavy (non-hydrogen) atoms. The molecule has 0 spiro atoms. The molecule has 0 aromatic heterocycles. The van der Waals surface area contributed by atoms with E-state index >= 15 is 0 Å². The van der Waals surface area contributed by atoms with Crippen LogP contribution >= 0.6 is 23.2 Å². The largest absolute Gasteiger partial charge is 0.478 e. The number of benzene rings is 1. The summed E-state index contributed by atoms with van der Waals surface area (Å²) < 4.78 is 5.22. The van der Waals surface area contributed by atoms with Gasteiger partial charge in [0.25, 0.3) is 5.91 Å². The Labute approximate surface area is 119 Å². The standard InChI is InChI=1S/C12H11Cl2NO4/c13-6-4-7(12(17)18)10(8(14)5-6)15-11(16)9-2-1-3-19-9/h4-5,9H,1-3H2,(H,15,16)(H,17,18)/t9-/m0/s1. The van der Waals surface area contributed by atoms with Crippen LogP contribution in [0.5, 0.6) is 0 Å². The van der Waals surface area contributed by atoms with Gasteiger partial charge in [-0.2, -0.15) is 0 Å². The van der Waals surface area contributed by atoms with Gasteiger partial charge in [-0.05, 0) is 25.0 Å². The molecule has 5 nitrogen and oxygen atoms in total. The number of aromatic carboxylic acids is 1. The van der Waals surface area contributed by atoms with Gasteiger partial charge in [-0.25, -0.2) is 4.79 Å². The van der Waals surface area contributed by atoms with E-state index in [2.05, 4.69) is 5.32 Å². The number of carboxylic acids is 1. The van der Waals surface area contributed by atoms with E-state index in [1.807, 2.05) is 0 Å². The van der Waals surface area contributed by atoms with Crippen molar-refractivity contribution in [3.8, 4) is 0 Å². The fourth-order valence-electron chi connectivity index (χ4n) is 1.86. The lowest BCUT2D eigenvalue weighted by Crippen LogP contribution is -2.27. The summed E-state index contributed by atoms with van der Waals surface area (Å²) in [4.78, 5) is 23.0. The van der Waals surface area contributed by atoms with Crippen LogP contribution in [0.3, 0.4) is 0 Å². The first kappa shape index (κ1) is 14.1. The van der Waals surface area contributed by atoms with Gasteiger partial charge in [0.2, 0.25) is 0 Å². The molecule has 1 saturated heterocycles. The van der Waals surface area contributed by atoms with Crippen molar-refractivity contribution >= 4 is 40.8 Å². The maximum absolute atomic E-state index is 11.9. The number of hydrogen-bond acceptors (Lipinski definition) is 3. The van der Waals surface area contributed by atoms with Crippen LogP contribution in [0.15, 0.2) is 12.1 Å². The predicted octanol–water partition coefficient (Wildman–Crippen LogP) is 2.81. The number of ether oxygens (including phenoxy) is 1. The molecule has 1 aliphatic heterocycles. The first-order chi connectivity index (χ1) is 8.99. The van der Waals surface area contributed by atoms with Gasteiger partial charge in [0.15, 0.2) is 0 Å². The highest BCUT2D eigenvalue weighted by Crippen LogP contribution is 2.31. The van der Waals surface area contributed by atoms with Crippen LogP contribution in [0.4, 0.5) is 5.69 Å². The molecule has 1 atom stereocenters. The number of rotatable bonds is 3. The number of halogens is 2. The van der Waals surface area contributed by atoms with E-state index in [4.69, 9.17) is 33.0 Å². The van der Waals surface area contributed by atoms with E-state index in [1.165, 1.54) is 12.1 Å². The van der Waals surface area contributed by atoms with Crippen molar-refractivity contribution in [2.75, 3.05) is 11.9 Å². The van der Waals surface area contributed by atoms with Gasteiger partial charge in [-0.3, -0.25) is 4.79 Å². The third kappa shape index (κ3) is 3.18. The van der Waals surface area contributed by atoms with Crippen LogP contribution in [0.1, 0.15) is 23.2 Å². The van der Waals surface area contributed by atoms with Gasteiger partial charge in [-0.15, -0.1) is 0 Å². The molecule has 2 rings (SSSR count). The minimum Gasteiger partial charge on any atom is -0.478 e. The summed E-state index contributed by atoms with van der Waals surface area (Å²) in [6, 6.07) is 2.61. The lowest BCUT2D eigenvalue weighted by molar-refractivity contribution is -0.124. The average molecular weight is 304 g/mol. The van der Waals surface area contributed by atoms with E-state index in [0.29, 0.717) is 13.0 Å². The molecule has 0 radical (unpaired) electrons. The van der Waals surface area contributed by atoms with Crippen LogP contribution in [0.25, 0.3) is 0 Å². The molecule has 0 saturated carbocycles. The van der Waals surface area contributed by atoms with Gasteiger partial charge in [0.1, 0.15) is 6.10 Å². The normalized spacial score (nSPS) is 18.3. The Morgan fingerprint density at radius 2 is 2.11 bits per heavy atom. The molecule has 1 heterocycles. The molecule has 1 aromatic rings. The summed E-state index contributed by atoms with van der Waals surface area (Å²) in [5.74, 6) is -1.61. The van der Waals surface area contributed by atoms with Crippen LogP contribution in [-0.2, 0) is 9.53 Å². The molecule has 1 aliphatic rings. The Hall–Kier alpha value is -1.30. The number of nitrogens with one attached hydrogen (secondary N) is 1. The summed E-state index contributed by atoms with van der Waals surface area (Å²) in [6.07, 6.45) is 0.853. The van der Waals surface area contributed by atoms with Crippen molar-refractivity contribution in [1.29, 1.82) is 0 Å². The number of carbonyl (C=O) groups excluding carboxylic acids is 1. The van der Waals surface area contributed by atoms with Crippen molar-refractivity contribution in [3.05, 3.63) is 27.7 Å². The Balaban J connectivity index is 2.28. The Kier molecular flexibility index (Phi) is 4.29. The molecule has 7 heteroatoms. The summed E-state index contributed by atoms with van der Waals surface area (Å²) in [6.45, 7) is 0.526. The molecular weight excluding hydrogens is 293 g/mol. The van der Waals surface area contributed by atoms with Gasteiger partial charge in [0, 0.05) is 11.6 Å². The number of amides is 1. The van der Waals surface area contributed by atoms with Gasteiger partial charge in [-0.1, -0.05) is 23.2 Å². The first-order valence-electron chi connectivity index (χ1n) is 5.64. The van der Waals surface area contributed by atoms with Gasteiger partial charge in [0.05, 0.1) is 16.3 Å². The lowest BCUT2D eigenvalue weighted by atomic mass is 10.1. The fourth-order valence-corrected chi connectivity index (χ4v) is 2.40. The molecule has 1 fully saturated rings. The van der Waals surface area contributed by atoms with Crippen molar-refractivity contribution < 1.29 is 19.4 Å². The van der Waals surface area contributed by atoms with E-state index in [-0.39, 0.29) is 21.3 Å². The lowest BCUT2D eigenvalue weighted by Gasteiger charge is -2.14. The van der Waals surface area contributed by atoms with Crippen molar-refractivity contribution in [3.63, 3.8) is 0 Å². The smallest absolute Gasteiger partial charge is 0.337 e. The molecule has 0 bridgehead atoms. The third-order valence-corrected chi connectivity index (χ3v) is 3.27. The monoisotopic (exact) mass is 303 g/mol. The SMILES string of the molecule is O=C(O)c1cc(Cl)cc(Cl)c1NC(=O)[C@@H]1CCCO1. The van der Waals surface area contributed by atoms with E-state index in [0.717, 1.165) is 6.42 Å². The minimum absolute atomic E-state index is 0.0408. The Morgan fingerprint density at radius 3 is 2.68 bits per heavy atom. The number of anilines is 1. The molecule has 2 N–H and O–H groups in total. The van der Waals surface area contributed by atoms with Crippen LogP contribution in [0.2, 0.25) is 10.0 Å². The zero-order chi connectivity index (χ0) is 14.0. The summed E-state index contributed by atoms with van der Waals surface area (Å²) >= 11 is 11.7. The Morgan fingerprint density at radius 1 is 1.37 bits per heavy atom. The molecule has 102 valence electrons. The van der Waals surface area contributed by atoms with Gasteiger partial charge >= 0.3 is 5.97 Å². The zero-order valence-corrected chi connectivity index (χ0v) is 11.3. The quantitative estimate of drug-likeness (QED) is 0.900. The highest BCUT2D eigenvalue weighted by atomic mass is 35.5. The molecule has 1 aromatic carbocycles. The summed E-state index contributed by atoms with van der Waals surface area (Å²) in [5, 5.41) is 11.9. The summed E-state index contributed by atoms with van der Waals surface area (Å²) in [5.41, 5.74) is -0.108. The van der Waals surface area contributed by atoms with Crippen LogP contribution < -0.4 is 5.32 Å². The highest BCUT2D eigenvalue weighted by Gasteiger charge is 2.26. The van der Waals surface area contributed by atoms with Crippen molar-refractivity contribution in [1.82, 2.24) is 0 Å². The van der Waals surface area contributed by atoms with E-state index in [9.17, 15) is 9.59 Å². The van der Waals surface area contributed by atoms with E-state index in [1.54, 1.807) is 0 Å². The predicted molar refractivity (Wildman–Crippen MR) is 71.0 cm³/mol. The Bertz CT molecular complexity index is 527. The average Bonchev–Trinajstić information content (AvgIpc) is 2.85.